The van der Waals surface area contributed by atoms with Gasteiger partial charge in [0.15, 0.2) is 0 Å². The molecular formula is C15H18N2O2. The zero-order valence-corrected chi connectivity index (χ0v) is 10.7. The van der Waals surface area contributed by atoms with E-state index >= 15 is 0 Å². The second-order valence-corrected chi connectivity index (χ2v) is 4.42. The van der Waals surface area contributed by atoms with Gasteiger partial charge in [-0.05, 0) is 36.7 Å². The number of aromatic nitrogens is 1. The summed E-state index contributed by atoms with van der Waals surface area (Å²) in [6, 6.07) is 10.8. The number of benzene rings is 1. The molecule has 4 nitrogen and oxygen atoms in total. The summed E-state index contributed by atoms with van der Waals surface area (Å²) in [7, 11) is 0. The van der Waals surface area contributed by atoms with E-state index in [2.05, 4.69) is 10.3 Å². The van der Waals surface area contributed by atoms with Crippen LogP contribution in [-0.2, 0) is 6.42 Å². The molecule has 1 aromatic carbocycles. The molecule has 0 saturated heterocycles. The molecule has 1 atom stereocenters. The van der Waals surface area contributed by atoms with E-state index in [9.17, 15) is 10.2 Å². The van der Waals surface area contributed by atoms with Crippen molar-refractivity contribution >= 4 is 0 Å². The van der Waals surface area contributed by atoms with Crippen LogP contribution in [-0.4, -0.2) is 28.3 Å². The van der Waals surface area contributed by atoms with Crippen LogP contribution in [0, 0.1) is 0 Å². The zero-order chi connectivity index (χ0) is 13.5. The summed E-state index contributed by atoms with van der Waals surface area (Å²) < 4.78 is 0. The van der Waals surface area contributed by atoms with E-state index < -0.39 is 6.10 Å². The average Bonchev–Trinajstić information content (AvgIpc) is 2.46. The van der Waals surface area contributed by atoms with Gasteiger partial charge >= 0.3 is 0 Å². The van der Waals surface area contributed by atoms with Gasteiger partial charge in [-0.2, -0.15) is 0 Å². The largest absolute Gasteiger partial charge is 0.508 e. The molecule has 0 spiro atoms. The lowest BCUT2D eigenvalue weighted by Gasteiger charge is -2.11. The number of nitrogens with one attached hydrogen (secondary N) is 1. The summed E-state index contributed by atoms with van der Waals surface area (Å²) in [5, 5.41) is 22.3. The highest BCUT2D eigenvalue weighted by Crippen LogP contribution is 2.10. The highest BCUT2D eigenvalue weighted by molar-refractivity contribution is 5.26. The Kier molecular flexibility index (Phi) is 4.89. The Bertz CT molecular complexity index is 485. The molecule has 0 saturated carbocycles. The number of pyridine rings is 1. The van der Waals surface area contributed by atoms with Gasteiger partial charge in [0.2, 0.25) is 0 Å². The summed E-state index contributed by atoms with van der Waals surface area (Å²) in [4.78, 5) is 3.98. The smallest absolute Gasteiger partial charge is 0.115 e. The van der Waals surface area contributed by atoms with Gasteiger partial charge in [0.25, 0.3) is 0 Å². The molecule has 0 aliphatic heterocycles. The number of phenols is 1. The van der Waals surface area contributed by atoms with E-state index in [1.807, 2.05) is 24.3 Å². The lowest BCUT2D eigenvalue weighted by Crippen LogP contribution is -2.23. The van der Waals surface area contributed by atoms with Crippen molar-refractivity contribution in [3.05, 3.63) is 59.9 Å². The number of hydrogen-bond donors (Lipinski definition) is 3. The van der Waals surface area contributed by atoms with Gasteiger partial charge in [-0.25, -0.2) is 0 Å². The fourth-order valence-corrected chi connectivity index (χ4v) is 1.83. The molecule has 0 amide bonds. The lowest BCUT2D eigenvalue weighted by atomic mass is 10.1. The molecule has 4 heteroatoms. The summed E-state index contributed by atoms with van der Waals surface area (Å²) in [6.07, 6.45) is 3.69. The van der Waals surface area contributed by atoms with Crippen LogP contribution in [0.25, 0.3) is 0 Å². The van der Waals surface area contributed by atoms with Crippen LogP contribution < -0.4 is 5.32 Å². The predicted octanol–water partition coefficient (Wildman–Crippen LogP) is 1.65. The summed E-state index contributed by atoms with van der Waals surface area (Å²) in [6.45, 7) is 1.28. The summed E-state index contributed by atoms with van der Waals surface area (Å²) in [5.41, 5.74) is 1.97. The fraction of sp³-hybridized carbons (Fsp3) is 0.267. The van der Waals surface area contributed by atoms with E-state index in [-0.39, 0.29) is 5.75 Å². The highest BCUT2D eigenvalue weighted by Gasteiger charge is 2.06. The van der Waals surface area contributed by atoms with Gasteiger partial charge in [-0.15, -0.1) is 0 Å². The maximum absolute atomic E-state index is 9.92. The van der Waals surface area contributed by atoms with Crippen molar-refractivity contribution in [3.8, 4) is 5.75 Å². The van der Waals surface area contributed by atoms with Gasteiger partial charge in [0, 0.05) is 24.5 Å². The van der Waals surface area contributed by atoms with Gasteiger partial charge in [-0.3, -0.25) is 4.98 Å². The Morgan fingerprint density at radius 2 is 1.95 bits per heavy atom. The Labute approximate surface area is 112 Å². The number of aromatic hydroxyl groups is 1. The molecule has 1 unspecified atom stereocenters. The maximum atomic E-state index is 9.92. The van der Waals surface area contributed by atoms with Crippen LogP contribution >= 0.6 is 0 Å². The van der Waals surface area contributed by atoms with Crippen molar-refractivity contribution in [1.29, 1.82) is 0 Å². The maximum Gasteiger partial charge on any atom is 0.115 e. The molecule has 1 heterocycles. The topological polar surface area (TPSA) is 65.4 Å². The van der Waals surface area contributed by atoms with Crippen molar-refractivity contribution in [3.63, 3.8) is 0 Å². The molecule has 19 heavy (non-hydrogen) atoms. The monoisotopic (exact) mass is 258 g/mol. The van der Waals surface area contributed by atoms with E-state index in [0.717, 1.165) is 24.1 Å². The number of rotatable bonds is 6. The van der Waals surface area contributed by atoms with Crippen molar-refractivity contribution in [2.75, 3.05) is 13.1 Å². The second kappa shape index (κ2) is 6.87. The molecule has 1 aromatic heterocycles. The lowest BCUT2D eigenvalue weighted by molar-refractivity contribution is 0.174. The van der Waals surface area contributed by atoms with Gasteiger partial charge in [0.1, 0.15) is 5.75 Å². The fourth-order valence-electron chi connectivity index (χ4n) is 1.83. The van der Waals surface area contributed by atoms with Gasteiger partial charge < -0.3 is 15.5 Å². The van der Waals surface area contributed by atoms with Crippen LogP contribution in [0.4, 0.5) is 0 Å². The quantitative estimate of drug-likeness (QED) is 0.689. The van der Waals surface area contributed by atoms with E-state index in [1.165, 1.54) is 0 Å². The first-order valence-electron chi connectivity index (χ1n) is 6.32. The van der Waals surface area contributed by atoms with Crippen molar-refractivity contribution < 1.29 is 10.2 Å². The molecule has 0 fully saturated rings. The van der Waals surface area contributed by atoms with E-state index in [0.29, 0.717) is 6.54 Å². The van der Waals surface area contributed by atoms with Crippen LogP contribution in [0.15, 0.2) is 48.8 Å². The van der Waals surface area contributed by atoms with E-state index in [1.54, 1.807) is 24.5 Å². The average molecular weight is 258 g/mol. The number of aliphatic hydroxyl groups excluding tert-OH is 1. The minimum absolute atomic E-state index is 0.281. The van der Waals surface area contributed by atoms with Crippen molar-refractivity contribution in [1.82, 2.24) is 10.3 Å². The third kappa shape index (κ3) is 4.35. The predicted molar refractivity (Wildman–Crippen MR) is 73.9 cm³/mol. The van der Waals surface area contributed by atoms with Gasteiger partial charge in [0.05, 0.1) is 6.10 Å². The molecule has 0 aliphatic carbocycles. The molecule has 0 aliphatic rings. The van der Waals surface area contributed by atoms with Crippen LogP contribution in [0.3, 0.4) is 0 Å². The Morgan fingerprint density at radius 3 is 2.63 bits per heavy atom. The molecular weight excluding hydrogens is 240 g/mol. The first-order chi connectivity index (χ1) is 9.25. The standard InChI is InChI=1S/C15H18N2O2/c18-14-5-3-12(4-6-14)7-9-17-11-15(19)13-2-1-8-16-10-13/h1-6,8,10,15,17-19H,7,9,11H2. The number of phenolic OH excluding ortho intramolecular Hbond substituents is 1. The molecule has 2 rings (SSSR count). The molecule has 100 valence electrons. The summed E-state index contributed by atoms with van der Waals surface area (Å²) in [5.74, 6) is 0.281. The third-order valence-electron chi connectivity index (χ3n) is 2.93. The number of aliphatic hydroxyl groups is 1. The van der Waals surface area contributed by atoms with Crippen molar-refractivity contribution in [2.45, 2.75) is 12.5 Å². The number of hydrogen-bond acceptors (Lipinski definition) is 4. The molecule has 3 N–H and O–H groups in total. The minimum atomic E-state index is -0.534. The SMILES string of the molecule is Oc1ccc(CCNCC(O)c2cccnc2)cc1. The second-order valence-electron chi connectivity index (χ2n) is 4.42. The zero-order valence-electron chi connectivity index (χ0n) is 10.7. The van der Waals surface area contributed by atoms with E-state index in [4.69, 9.17) is 0 Å². The van der Waals surface area contributed by atoms with Crippen LogP contribution in [0.1, 0.15) is 17.2 Å². The first kappa shape index (κ1) is 13.5. The normalized spacial score (nSPS) is 12.3. The van der Waals surface area contributed by atoms with Crippen LogP contribution in [0.5, 0.6) is 5.75 Å². The molecule has 0 bridgehead atoms. The van der Waals surface area contributed by atoms with Crippen LogP contribution in [0.2, 0.25) is 0 Å². The molecule has 0 radical (unpaired) electrons. The minimum Gasteiger partial charge on any atom is -0.508 e. The first-order valence-corrected chi connectivity index (χ1v) is 6.32. The Morgan fingerprint density at radius 1 is 1.16 bits per heavy atom. The third-order valence-corrected chi connectivity index (χ3v) is 2.93. The van der Waals surface area contributed by atoms with Crippen molar-refractivity contribution in [2.24, 2.45) is 0 Å². The molecule has 2 aromatic rings. The Hall–Kier alpha value is -1.91. The highest BCUT2D eigenvalue weighted by atomic mass is 16.3. The Balaban J connectivity index is 1.71. The van der Waals surface area contributed by atoms with Gasteiger partial charge in [-0.1, -0.05) is 18.2 Å². The summed E-state index contributed by atoms with van der Waals surface area (Å²) >= 11 is 0. The number of nitrogens with zero attached hydrogens (tertiary/aromatic N) is 1.